The van der Waals surface area contributed by atoms with Crippen molar-refractivity contribution in [3.05, 3.63) is 34.3 Å². The maximum Gasteiger partial charge on any atom is 0.319 e. The Hall–Kier alpha value is -1.57. The summed E-state index contributed by atoms with van der Waals surface area (Å²) < 4.78 is 4.79. The largest absolute Gasteiger partial charge is 0.468 e. The number of rotatable bonds is 5. The van der Waals surface area contributed by atoms with Crippen LogP contribution >= 0.6 is 11.6 Å². The SMILES string of the molecule is COC(=O)CN(Cc1ccc(C#N)cc1Cl)C1CCCC1. The minimum atomic E-state index is -0.230. The maximum absolute atomic E-state index is 11.6. The minimum Gasteiger partial charge on any atom is -0.468 e. The highest BCUT2D eigenvalue weighted by Gasteiger charge is 2.25. The van der Waals surface area contributed by atoms with Gasteiger partial charge < -0.3 is 4.74 Å². The number of nitrogens with zero attached hydrogens (tertiary/aromatic N) is 2. The maximum atomic E-state index is 11.6. The number of hydrogen-bond donors (Lipinski definition) is 0. The van der Waals surface area contributed by atoms with Crippen molar-refractivity contribution >= 4 is 17.6 Å². The van der Waals surface area contributed by atoms with E-state index in [1.807, 2.05) is 6.07 Å². The average molecular weight is 307 g/mol. The van der Waals surface area contributed by atoms with Gasteiger partial charge in [0.25, 0.3) is 0 Å². The lowest BCUT2D eigenvalue weighted by Crippen LogP contribution is -2.37. The van der Waals surface area contributed by atoms with E-state index in [-0.39, 0.29) is 12.5 Å². The van der Waals surface area contributed by atoms with Gasteiger partial charge in [0.05, 0.1) is 25.3 Å². The van der Waals surface area contributed by atoms with Crippen LogP contribution in [0.5, 0.6) is 0 Å². The van der Waals surface area contributed by atoms with E-state index in [9.17, 15) is 4.79 Å². The highest BCUT2D eigenvalue weighted by atomic mass is 35.5. The summed E-state index contributed by atoms with van der Waals surface area (Å²) in [4.78, 5) is 13.7. The van der Waals surface area contributed by atoms with Gasteiger partial charge in [0, 0.05) is 17.6 Å². The van der Waals surface area contributed by atoms with Gasteiger partial charge >= 0.3 is 5.97 Å². The van der Waals surface area contributed by atoms with E-state index in [4.69, 9.17) is 21.6 Å². The second-order valence-corrected chi connectivity index (χ2v) is 5.74. The predicted molar refractivity (Wildman–Crippen MR) is 80.8 cm³/mol. The monoisotopic (exact) mass is 306 g/mol. The van der Waals surface area contributed by atoms with Gasteiger partial charge in [-0.25, -0.2) is 0 Å². The van der Waals surface area contributed by atoms with Gasteiger partial charge in [0.15, 0.2) is 0 Å². The van der Waals surface area contributed by atoms with E-state index in [2.05, 4.69) is 11.0 Å². The van der Waals surface area contributed by atoms with E-state index >= 15 is 0 Å². The third kappa shape index (κ3) is 4.20. The fourth-order valence-corrected chi connectivity index (χ4v) is 3.02. The quantitative estimate of drug-likeness (QED) is 0.784. The van der Waals surface area contributed by atoms with Crippen LogP contribution in [0.1, 0.15) is 36.8 Å². The van der Waals surface area contributed by atoms with Gasteiger partial charge in [0.1, 0.15) is 0 Å². The molecular weight excluding hydrogens is 288 g/mol. The van der Waals surface area contributed by atoms with Crippen LogP contribution in [0.2, 0.25) is 5.02 Å². The molecule has 0 aliphatic heterocycles. The molecule has 4 nitrogen and oxygen atoms in total. The van der Waals surface area contributed by atoms with Crippen LogP contribution in [-0.2, 0) is 16.1 Å². The summed E-state index contributed by atoms with van der Waals surface area (Å²) in [5.74, 6) is -0.230. The molecule has 112 valence electrons. The number of esters is 1. The van der Waals surface area contributed by atoms with E-state index in [0.29, 0.717) is 23.2 Å². The second kappa shape index (κ2) is 7.44. The fraction of sp³-hybridized carbons (Fsp3) is 0.500. The smallest absolute Gasteiger partial charge is 0.319 e. The standard InChI is InChI=1S/C16H19ClN2O2/c1-21-16(20)11-19(14-4-2-3-5-14)10-13-7-6-12(9-18)8-15(13)17/h6-8,14H,2-5,10-11H2,1H3. The highest BCUT2D eigenvalue weighted by Crippen LogP contribution is 2.27. The summed E-state index contributed by atoms with van der Waals surface area (Å²) in [6, 6.07) is 7.76. The molecule has 0 spiro atoms. The Morgan fingerprint density at radius 2 is 2.19 bits per heavy atom. The number of carbonyl (C=O) groups excluding carboxylic acids is 1. The second-order valence-electron chi connectivity index (χ2n) is 5.34. The lowest BCUT2D eigenvalue weighted by atomic mass is 10.1. The molecule has 1 saturated carbocycles. The third-order valence-corrected chi connectivity index (χ3v) is 4.31. The fourth-order valence-electron chi connectivity index (χ4n) is 2.78. The molecule has 1 fully saturated rings. The molecule has 5 heteroatoms. The molecular formula is C16H19ClN2O2. The Morgan fingerprint density at radius 1 is 1.48 bits per heavy atom. The van der Waals surface area contributed by atoms with Crippen molar-refractivity contribution < 1.29 is 9.53 Å². The van der Waals surface area contributed by atoms with Crippen LogP contribution in [-0.4, -0.2) is 30.6 Å². The van der Waals surface area contributed by atoms with Crippen LogP contribution in [0.15, 0.2) is 18.2 Å². The normalized spacial score (nSPS) is 15.1. The highest BCUT2D eigenvalue weighted by molar-refractivity contribution is 6.31. The minimum absolute atomic E-state index is 0.230. The van der Waals surface area contributed by atoms with Crippen molar-refractivity contribution in [2.24, 2.45) is 0 Å². The molecule has 2 rings (SSSR count). The number of nitriles is 1. The van der Waals surface area contributed by atoms with Gasteiger partial charge in [0.2, 0.25) is 0 Å². The van der Waals surface area contributed by atoms with Crippen LogP contribution in [0.3, 0.4) is 0 Å². The zero-order valence-electron chi connectivity index (χ0n) is 12.1. The Morgan fingerprint density at radius 3 is 2.76 bits per heavy atom. The third-order valence-electron chi connectivity index (χ3n) is 3.96. The van der Waals surface area contributed by atoms with Crippen molar-refractivity contribution in [3.63, 3.8) is 0 Å². The van der Waals surface area contributed by atoms with Crippen LogP contribution in [0.4, 0.5) is 0 Å². The van der Waals surface area contributed by atoms with Crippen molar-refractivity contribution in [2.45, 2.75) is 38.3 Å². The molecule has 0 saturated heterocycles. The van der Waals surface area contributed by atoms with Crippen molar-refractivity contribution in [3.8, 4) is 6.07 Å². The lowest BCUT2D eigenvalue weighted by molar-refractivity contribution is -0.142. The average Bonchev–Trinajstić information content (AvgIpc) is 3.02. The first kappa shape index (κ1) is 15.8. The zero-order chi connectivity index (χ0) is 15.2. The zero-order valence-corrected chi connectivity index (χ0v) is 12.9. The molecule has 0 amide bonds. The number of hydrogen-bond acceptors (Lipinski definition) is 4. The molecule has 0 atom stereocenters. The first-order valence-corrected chi connectivity index (χ1v) is 7.51. The lowest BCUT2D eigenvalue weighted by Gasteiger charge is -2.28. The Kier molecular flexibility index (Phi) is 5.60. The number of ether oxygens (including phenoxy) is 1. The molecule has 0 aromatic heterocycles. The molecule has 0 N–H and O–H groups in total. The summed E-state index contributed by atoms with van der Waals surface area (Å²) >= 11 is 6.24. The van der Waals surface area contributed by atoms with E-state index in [1.54, 1.807) is 12.1 Å². The molecule has 21 heavy (non-hydrogen) atoms. The van der Waals surface area contributed by atoms with Crippen molar-refractivity contribution in [2.75, 3.05) is 13.7 Å². The van der Waals surface area contributed by atoms with Crippen LogP contribution in [0.25, 0.3) is 0 Å². The predicted octanol–water partition coefficient (Wildman–Crippen LogP) is 3.13. The summed E-state index contributed by atoms with van der Waals surface area (Å²) in [6.07, 6.45) is 4.60. The van der Waals surface area contributed by atoms with Gasteiger partial charge in [-0.05, 0) is 30.5 Å². The molecule has 1 aromatic rings. The van der Waals surface area contributed by atoms with Crippen LogP contribution < -0.4 is 0 Å². The molecule has 0 heterocycles. The van der Waals surface area contributed by atoms with Gasteiger partial charge in [-0.3, -0.25) is 9.69 Å². The van der Waals surface area contributed by atoms with E-state index < -0.39 is 0 Å². The summed E-state index contributed by atoms with van der Waals surface area (Å²) in [7, 11) is 1.41. The summed E-state index contributed by atoms with van der Waals surface area (Å²) in [5.41, 5.74) is 1.48. The molecule has 1 aromatic carbocycles. The summed E-state index contributed by atoms with van der Waals surface area (Å²) in [6.45, 7) is 0.877. The Labute approximate surface area is 130 Å². The molecule has 0 unspecified atom stereocenters. The Bertz CT molecular complexity index is 548. The van der Waals surface area contributed by atoms with Gasteiger partial charge in [-0.15, -0.1) is 0 Å². The Balaban J connectivity index is 2.14. The van der Waals surface area contributed by atoms with E-state index in [0.717, 1.165) is 18.4 Å². The van der Waals surface area contributed by atoms with Gasteiger partial charge in [-0.2, -0.15) is 5.26 Å². The number of methoxy groups -OCH3 is 1. The number of halogens is 1. The van der Waals surface area contributed by atoms with Gasteiger partial charge in [-0.1, -0.05) is 30.5 Å². The number of carbonyl (C=O) groups is 1. The van der Waals surface area contributed by atoms with Crippen molar-refractivity contribution in [1.82, 2.24) is 4.90 Å². The van der Waals surface area contributed by atoms with Crippen molar-refractivity contribution in [1.29, 1.82) is 5.26 Å². The topological polar surface area (TPSA) is 53.3 Å². The number of benzene rings is 1. The first-order chi connectivity index (χ1) is 10.1. The molecule has 0 bridgehead atoms. The summed E-state index contributed by atoms with van der Waals surface area (Å²) in [5, 5.41) is 9.45. The van der Waals surface area contributed by atoms with Crippen LogP contribution in [0, 0.1) is 11.3 Å². The van der Waals surface area contributed by atoms with E-state index in [1.165, 1.54) is 20.0 Å². The first-order valence-electron chi connectivity index (χ1n) is 7.13. The molecule has 0 radical (unpaired) electrons. The molecule has 1 aliphatic carbocycles. The molecule has 1 aliphatic rings.